The molecule has 0 fully saturated rings. The summed E-state index contributed by atoms with van der Waals surface area (Å²) >= 11 is 9.37. The van der Waals surface area contributed by atoms with Gasteiger partial charge in [0.25, 0.3) is 5.91 Å². The van der Waals surface area contributed by atoms with E-state index in [9.17, 15) is 4.79 Å². The maximum absolute atomic E-state index is 12.2. The third kappa shape index (κ3) is 2.58. The van der Waals surface area contributed by atoms with Gasteiger partial charge in [0.05, 0.1) is 5.56 Å². The van der Waals surface area contributed by atoms with E-state index in [0.717, 1.165) is 10.2 Å². The van der Waals surface area contributed by atoms with Crippen molar-refractivity contribution >= 4 is 39.1 Å². The van der Waals surface area contributed by atoms with Crippen molar-refractivity contribution in [1.29, 1.82) is 0 Å². The van der Waals surface area contributed by atoms with Crippen LogP contribution in [0.4, 0.5) is 0 Å². The first-order valence-corrected chi connectivity index (χ1v) is 6.26. The highest BCUT2D eigenvalue weighted by atomic mass is 79.9. The van der Waals surface area contributed by atoms with Crippen LogP contribution < -0.4 is 0 Å². The molecule has 0 aliphatic carbocycles. The number of hydrogen-bond acceptors (Lipinski definition) is 2. The molecule has 0 spiro atoms. The first kappa shape index (κ1) is 12.3. The molecule has 2 rings (SSSR count). The van der Waals surface area contributed by atoms with Crippen LogP contribution in [-0.2, 0) is 0 Å². The van der Waals surface area contributed by atoms with E-state index < -0.39 is 5.62 Å². The topological polar surface area (TPSA) is 32.7 Å². The minimum absolute atomic E-state index is 0.176. The molecule has 0 N–H and O–H groups in total. The largest absolute Gasteiger partial charge is 0.279 e. The SMILES string of the molecule is CC1=NC(Cl)N(C(=O)c2ccccc2Br)C=C1. The van der Waals surface area contributed by atoms with Crippen molar-refractivity contribution in [2.24, 2.45) is 4.99 Å². The predicted molar refractivity (Wildman–Crippen MR) is 72.2 cm³/mol. The Bertz CT molecular complexity index is 513. The Morgan fingerprint density at radius 2 is 2.18 bits per heavy atom. The lowest BCUT2D eigenvalue weighted by molar-refractivity contribution is 0.0808. The Labute approximate surface area is 113 Å². The van der Waals surface area contributed by atoms with Gasteiger partial charge in [-0.2, -0.15) is 0 Å². The Balaban J connectivity index is 2.28. The molecule has 0 saturated carbocycles. The van der Waals surface area contributed by atoms with Crippen LogP contribution in [0, 0.1) is 0 Å². The van der Waals surface area contributed by atoms with Crippen LogP contribution in [0.2, 0.25) is 0 Å². The lowest BCUT2D eigenvalue weighted by Crippen LogP contribution is -2.34. The molecule has 0 bridgehead atoms. The van der Waals surface area contributed by atoms with Gasteiger partial charge in [-0.25, -0.2) is 4.99 Å². The fourth-order valence-electron chi connectivity index (χ4n) is 1.47. The number of carbonyl (C=O) groups is 1. The third-order valence-electron chi connectivity index (χ3n) is 2.35. The molecule has 1 aromatic carbocycles. The van der Waals surface area contributed by atoms with Gasteiger partial charge in [-0.1, -0.05) is 23.7 Å². The molecule has 5 heteroatoms. The minimum atomic E-state index is -0.681. The van der Waals surface area contributed by atoms with Gasteiger partial charge in [-0.15, -0.1) is 0 Å². The lowest BCUT2D eigenvalue weighted by atomic mass is 10.2. The van der Waals surface area contributed by atoms with Crippen LogP contribution in [0.3, 0.4) is 0 Å². The Hall–Kier alpha value is -1.13. The van der Waals surface area contributed by atoms with Gasteiger partial charge >= 0.3 is 0 Å². The first-order valence-electron chi connectivity index (χ1n) is 5.03. The second-order valence-electron chi connectivity index (χ2n) is 3.59. The van der Waals surface area contributed by atoms with Crippen molar-refractivity contribution in [2.75, 3.05) is 0 Å². The normalized spacial score (nSPS) is 19.1. The second kappa shape index (κ2) is 5.02. The van der Waals surface area contributed by atoms with Gasteiger partial charge in [0.1, 0.15) is 0 Å². The predicted octanol–water partition coefficient (Wildman–Crippen LogP) is 3.40. The highest BCUT2D eigenvalue weighted by Crippen LogP contribution is 2.22. The quantitative estimate of drug-likeness (QED) is 0.578. The Morgan fingerprint density at radius 3 is 2.82 bits per heavy atom. The molecule has 0 saturated heterocycles. The molecule has 88 valence electrons. The molecule has 1 heterocycles. The second-order valence-corrected chi connectivity index (χ2v) is 4.83. The summed E-state index contributed by atoms with van der Waals surface area (Å²) in [5.41, 5.74) is 0.693. The number of halogens is 2. The summed E-state index contributed by atoms with van der Waals surface area (Å²) in [4.78, 5) is 17.8. The van der Waals surface area contributed by atoms with Gasteiger partial charge < -0.3 is 0 Å². The van der Waals surface area contributed by atoms with Crippen LogP contribution in [0.1, 0.15) is 17.3 Å². The van der Waals surface area contributed by atoms with E-state index in [2.05, 4.69) is 20.9 Å². The highest BCUT2D eigenvalue weighted by Gasteiger charge is 2.23. The fraction of sp³-hybridized carbons (Fsp3) is 0.167. The molecule has 1 amide bonds. The molecule has 1 aromatic rings. The Morgan fingerprint density at radius 1 is 1.47 bits per heavy atom. The number of nitrogens with zero attached hydrogens (tertiary/aromatic N) is 2. The van der Waals surface area contributed by atoms with E-state index in [1.165, 1.54) is 4.90 Å². The lowest BCUT2D eigenvalue weighted by Gasteiger charge is -2.24. The number of carbonyl (C=O) groups excluding carboxylic acids is 1. The zero-order valence-electron chi connectivity index (χ0n) is 9.10. The zero-order valence-corrected chi connectivity index (χ0v) is 11.4. The summed E-state index contributed by atoms with van der Waals surface area (Å²) in [6.07, 6.45) is 3.41. The molecular formula is C12H10BrClN2O. The van der Waals surface area contributed by atoms with Gasteiger partial charge in [0.15, 0.2) is 0 Å². The van der Waals surface area contributed by atoms with E-state index in [1.807, 2.05) is 25.1 Å². The number of benzene rings is 1. The van der Waals surface area contributed by atoms with Crippen LogP contribution in [0.5, 0.6) is 0 Å². The van der Waals surface area contributed by atoms with Gasteiger partial charge in [-0.05, 0) is 41.1 Å². The van der Waals surface area contributed by atoms with Crippen molar-refractivity contribution < 1.29 is 4.79 Å². The summed E-state index contributed by atoms with van der Waals surface area (Å²) < 4.78 is 0.744. The third-order valence-corrected chi connectivity index (χ3v) is 3.35. The molecule has 0 aromatic heterocycles. The van der Waals surface area contributed by atoms with Crippen LogP contribution >= 0.6 is 27.5 Å². The van der Waals surface area contributed by atoms with E-state index in [0.29, 0.717) is 5.56 Å². The number of alkyl halides is 1. The van der Waals surface area contributed by atoms with Crippen molar-refractivity contribution in [3.05, 3.63) is 46.6 Å². The molecular weight excluding hydrogens is 304 g/mol. The molecule has 1 atom stereocenters. The Kier molecular flexibility index (Phi) is 3.64. The number of aliphatic imine (C=N–C) groups is 1. The number of hydrogen-bond donors (Lipinski definition) is 0. The highest BCUT2D eigenvalue weighted by molar-refractivity contribution is 9.10. The van der Waals surface area contributed by atoms with Crippen LogP contribution in [0.25, 0.3) is 0 Å². The number of allylic oxidation sites excluding steroid dienone is 1. The molecule has 1 unspecified atom stereocenters. The van der Waals surface area contributed by atoms with E-state index >= 15 is 0 Å². The maximum atomic E-state index is 12.2. The van der Waals surface area contributed by atoms with Crippen molar-refractivity contribution in [2.45, 2.75) is 12.5 Å². The molecule has 3 nitrogen and oxygen atoms in total. The van der Waals surface area contributed by atoms with Crippen LogP contribution in [-0.4, -0.2) is 22.1 Å². The molecule has 17 heavy (non-hydrogen) atoms. The van der Waals surface area contributed by atoms with Crippen molar-refractivity contribution in [1.82, 2.24) is 4.90 Å². The fourth-order valence-corrected chi connectivity index (χ4v) is 2.23. The maximum Gasteiger partial charge on any atom is 0.261 e. The zero-order chi connectivity index (χ0) is 12.4. The summed E-state index contributed by atoms with van der Waals surface area (Å²) in [7, 11) is 0. The standard InChI is InChI=1S/C12H10BrClN2O/c1-8-6-7-16(12(14)15-8)11(17)9-4-2-3-5-10(9)13/h2-7,12H,1H3. The average molecular weight is 314 g/mol. The smallest absolute Gasteiger partial charge is 0.261 e. The van der Waals surface area contributed by atoms with Gasteiger partial charge in [0, 0.05) is 16.4 Å². The summed E-state index contributed by atoms with van der Waals surface area (Å²) in [5.74, 6) is -0.176. The van der Waals surface area contributed by atoms with Gasteiger partial charge in [0.2, 0.25) is 5.62 Å². The number of rotatable bonds is 1. The van der Waals surface area contributed by atoms with Crippen molar-refractivity contribution in [3.8, 4) is 0 Å². The summed E-state index contributed by atoms with van der Waals surface area (Å²) in [6.45, 7) is 1.84. The summed E-state index contributed by atoms with van der Waals surface area (Å²) in [5, 5.41) is 0. The molecule has 1 aliphatic heterocycles. The average Bonchev–Trinajstić information content (AvgIpc) is 2.29. The summed E-state index contributed by atoms with van der Waals surface area (Å²) in [6, 6.07) is 7.23. The first-order chi connectivity index (χ1) is 8.09. The van der Waals surface area contributed by atoms with E-state index in [1.54, 1.807) is 18.3 Å². The number of amides is 1. The molecule has 0 radical (unpaired) electrons. The van der Waals surface area contributed by atoms with E-state index in [4.69, 9.17) is 11.6 Å². The monoisotopic (exact) mass is 312 g/mol. The van der Waals surface area contributed by atoms with Gasteiger partial charge in [-0.3, -0.25) is 9.69 Å². The van der Waals surface area contributed by atoms with Crippen LogP contribution in [0.15, 0.2) is 46.0 Å². The van der Waals surface area contributed by atoms with Crippen molar-refractivity contribution in [3.63, 3.8) is 0 Å². The minimum Gasteiger partial charge on any atom is -0.279 e. The van der Waals surface area contributed by atoms with E-state index in [-0.39, 0.29) is 5.91 Å². The molecule has 1 aliphatic rings.